The van der Waals surface area contributed by atoms with Crippen molar-refractivity contribution in [3.05, 3.63) is 87.4 Å². The van der Waals surface area contributed by atoms with Crippen LogP contribution in [0.1, 0.15) is 40.6 Å². The molecule has 2 amide bonds. The van der Waals surface area contributed by atoms with Gasteiger partial charge in [-0.1, -0.05) is 55.5 Å². The van der Waals surface area contributed by atoms with Crippen LogP contribution in [0.15, 0.2) is 60.7 Å². The zero-order valence-electron chi connectivity index (χ0n) is 19.1. The molecule has 0 radical (unpaired) electrons. The van der Waals surface area contributed by atoms with E-state index in [4.69, 9.17) is 4.98 Å². The monoisotopic (exact) mass is 457 g/mol. The lowest BCUT2D eigenvalue weighted by molar-refractivity contribution is -0.115. The highest BCUT2D eigenvalue weighted by atomic mass is 32.1. The fraction of sp³-hybridized carbons (Fsp3) is 0.222. The van der Waals surface area contributed by atoms with E-state index in [0.29, 0.717) is 5.69 Å². The first kappa shape index (κ1) is 22.7. The molecule has 0 aliphatic rings. The average Bonchev–Trinajstić information content (AvgIpc) is 3.12. The van der Waals surface area contributed by atoms with E-state index in [2.05, 4.69) is 47.0 Å². The number of carbonyl (C=O) groups is 2. The van der Waals surface area contributed by atoms with E-state index in [1.54, 1.807) is 11.3 Å². The maximum absolute atomic E-state index is 12.9. The number of nitrogens with zero attached hydrogens (tertiary/aromatic N) is 1. The third-order valence-electron chi connectivity index (χ3n) is 5.56. The number of thiazole rings is 1. The van der Waals surface area contributed by atoms with E-state index in [9.17, 15) is 9.59 Å². The second-order valence-corrected chi connectivity index (χ2v) is 9.23. The second-order valence-electron chi connectivity index (χ2n) is 8.06. The van der Waals surface area contributed by atoms with Crippen molar-refractivity contribution in [3.63, 3.8) is 0 Å². The summed E-state index contributed by atoms with van der Waals surface area (Å²) >= 11 is 1.59. The summed E-state index contributed by atoms with van der Waals surface area (Å²) in [6, 6.07) is 20.3. The van der Waals surface area contributed by atoms with Gasteiger partial charge in [-0.15, -0.1) is 11.3 Å². The predicted molar refractivity (Wildman–Crippen MR) is 136 cm³/mol. The summed E-state index contributed by atoms with van der Waals surface area (Å²) in [5, 5.41) is 9.25. The molecule has 0 spiro atoms. The van der Waals surface area contributed by atoms with Crippen molar-refractivity contribution in [1.29, 1.82) is 0 Å². The highest BCUT2D eigenvalue weighted by molar-refractivity contribution is 7.11. The summed E-state index contributed by atoms with van der Waals surface area (Å²) in [5.41, 5.74) is 4.55. The summed E-state index contributed by atoms with van der Waals surface area (Å²) in [6.45, 7) is 5.46. The Balaban J connectivity index is 1.49. The van der Waals surface area contributed by atoms with E-state index in [0.717, 1.165) is 39.7 Å². The molecule has 33 heavy (non-hydrogen) atoms. The summed E-state index contributed by atoms with van der Waals surface area (Å²) < 4.78 is 0. The molecule has 1 aromatic heterocycles. The molecule has 168 valence electrons. The molecular formula is C27H27N3O2S. The number of rotatable bonds is 7. The Bertz CT molecular complexity index is 1320. The topological polar surface area (TPSA) is 71.1 Å². The number of aryl methyl sites for hydroxylation is 2. The van der Waals surface area contributed by atoms with E-state index in [1.807, 2.05) is 38.1 Å². The summed E-state index contributed by atoms with van der Waals surface area (Å²) in [4.78, 5) is 30.0. The van der Waals surface area contributed by atoms with Crippen LogP contribution in [0.3, 0.4) is 0 Å². The Labute approximate surface area is 197 Å². The van der Waals surface area contributed by atoms with Crippen molar-refractivity contribution in [2.75, 3.05) is 10.6 Å². The maximum atomic E-state index is 12.9. The van der Waals surface area contributed by atoms with Gasteiger partial charge in [0.15, 0.2) is 0 Å². The van der Waals surface area contributed by atoms with Crippen LogP contribution >= 0.6 is 11.3 Å². The third-order valence-corrected chi connectivity index (χ3v) is 6.72. The Morgan fingerprint density at radius 1 is 0.970 bits per heavy atom. The highest BCUT2D eigenvalue weighted by Gasteiger charge is 2.15. The first-order chi connectivity index (χ1) is 15.9. The molecule has 4 aromatic rings. The van der Waals surface area contributed by atoms with Crippen LogP contribution in [-0.4, -0.2) is 16.8 Å². The van der Waals surface area contributed by atoms with Crippen molar-refractivity contribution in [3.8, 4) is 0 Å². The first-order valence-electron chi connectivity index (χ1n) is 11.0. The highest BCUT2D eigenvalue weighted by Crippen LogP contribution is 2.27. The van der Waals surface area contributed by atoms with Crippen molar-refractivity contribution in [2.24, 2.45) is 0 Å². The van der Waals surface area contributed by atoms with Gasteiger partial charge < -0.3 is 10.6 Å². The average molecular weight is 458 g/mol. The molecule has 0 saturated heterocycles. The Hall–Kier alpha value is -3.51. The third kappa shape index (κ3) is 5.46. The van der Waals surface area contributed by atoms with E-state index < -0.39 is 0 Å². The second kappa shape index (κ2) is 9.96. The van der Waals surface area contributed by atoms with Gasteiger partial charge in [0.25, 0.3) is 0 Å². The minimum absolute atomic E-state index is 0.0897. The predicted octanol–water partition coefficient (Wildman–Crippen LogP) is 5.90. The number of hydrogen-bond donors (Lipinski definition) is 2. The molecule has 2 N–H and O–H groups in total. The smallest absolute Gasteiger partial charge is 0.229 e. The Morgan fingerprint density at radius 2 is 1.76 bits per heavy atom. The molecule has 0 aliphatic carbocycles. The van der Waals surface area contributed by atoms with Crippen LogP contribution in [0, 0.1) is 6.92 Å². The molecule has 0 aliphatic heterocycles. The van der Waals surface area contributed by atoms with Crippen LogP contribution < -0.4 is 10.6 Å². The molecular weight excluding hydrogens is 430 g/mol. The zero-order valence-corrected chi connectivity index (χ0v) is 19.9. The van der Waals surface area contributed by atoms with Crippen LogP contribution in [0.5, 0.6) is 0 Å². The quantitative estimate of drug-likeness (QED) is 0.363. The van der Waals surface area contributed by atoms with E-state index in [1.165, 1.54) is 23.3 Å². The fourth-order valence-corrected chi connectivity index (χ4v) is 5.05. The van der Waals surface area contributed by atoms with Gasteiger partial charge in [-0.05, 0) is 47.4 Å². The molecule has 0 atom stereocenters. The number of hydrogen-bond acceptors (Lipinski definition) is 4. The number of carbonyl (C=O) groups excluding carboxylic acids is 2. The van der Waals surface area contributed by atoms with E-state index in [-0.39, 0.29) is 18.2 Å². The van der Waals surface area contributed by atoms with Crippen LogP contribution in [-0.2, 0) is 28.9 Å². The first-order valence-corrected chi connectivity index (χ1v) is 11.9. The maximum Gasteiger partial charge on any atom is 0.229 e. The number of fused-ring (bicyclic) bond motifs is 1. The normalized spacial score (nSPS) is 10.9. The van der Waals surface area contributed by atoms with Crippen molar-refractivity contribution in [2.45, 2.75) is 40.0 Å². The molecule has 5 nitrogen and oxygen atoms in total. The van der Waals surface area contributed by atoms with Crippen molar-refractivity contribution in [1.82, 2.24) is 4.98 Å². The van der Waals surface area contributed by atoms with Crippen LogP contribution in [0.4, 0.5) is 11.4 Å². The molecule has 0 unspecified atom stereocenters. The molecule has 0 saturated carbocycles. The lowest BCUT2D eigenvalue weighted by Gasteiger charge is -2.12. The number of nitrogens with one attached hydrogen (secondary N) is 2. The van der Waals surface area contributed by atoms with Gasteiger partial charge in [0.1, 0.15) is 0 Å². The Kier molecular flexibility index (Phi) is 6.84. The molecule has 6 heteroatoms. The van der Waals surface area contributed by atoms with Gasteiger partial charge in [0, 0.05) is 29.6 Å². The van der Waals surface area contributed by atoms with Gasteiger partial charge in [-0.3, -0.25) is 9.59 Å². The van der Waals surface area contributed by atoms with Gasteiger partial charge in [-0.25, -0.2) is 4.98 Å². The minimum atomic E-state index is -0.143. The van der Waals surface area contributed by atoms with Gasteiger partial charge in [0.05, 0.1) is 17.1 Å². The Morgan fingerprint density at radius 3 is 2.55 bits per heavy atom. The number of amides is 2. The number of aromatic nitrogens is 1. The van der Waals surface area contributed by atoms with E-state index >= 15 is 0 Å². The van der Waals surface area contributed by atoms with Gasteiger partial charge >= 0.3 is 0 Å². The van der Waals surface area contributed by atoms with Gasteiger partial charge in [0.2, 0.25) is 11.8 Å². The van der Waals surface area contributed by atoms with Crippen LogP contribution in [0.25, 0.3) is 10.8 Å². The minimum Gasteiger partial charge on any atom is -0.326 e. The SMILES string of the molecule is CCc1ccc(NC(C)=O)cc1NC(=O)Cc1sc(Cc2cccc3ccccc23)nc1C. The summed E-state index contributed by atoms with van der Waals surface area (Å²) in [7, 11) is 0. The summed E-state index contributed by atoms with van der Waals surface area (Å²) in [5.74, 6) is -0.233. The lowest BCUT2D eigenvalue weighted by Crippen LogP contribution is -2.16. The molecule has 0 fully saturated rings. The molecule has 4 rings (SSSR count). The van der Waals surface area contributed by atoms with Crippen molar-refractivity contribution < 1.29 is 9.59 Å². The molecule has 3 aromatic carbocycles. The van der Waals surface area contributed by atoms with Crippen molar-refractivity contribution >= 4 is 45.3 Å². The zero-order chi connectivity index (χ0) is 23.4. The lowest BCUT2D eigenvalue weighted by atomic mass is 10.0. The molecule has 1 heterocycles. The fourth-order valence-electron chi connectivity index (χ4n) is 3.96. The largest absolute Gasteiger partial charge is 0.326 e. The van der Waals surface area contributed by atoms with Crippen LogP contribution in [0.2, 0.25) is 0 Å². The number of anilines is 2. The molecule has 0 bridgehead atoms. The van der Waals surface area contributed by atoms with Gasteiger partial charge in [-0.2, -0.15) is 0 Å². The number of benzene rings is 3. The standard InChI is InChI=1S/C27H27N3O2S/c1-4-19-12-13-22(29-18(3)31)15-24(19)30-26(32)16-25-17(2)28-27(33-25)14-21-10-7-9-20-8-5-6-11-23(20)21/h5-13,15H,4,14,16H2,1-3H3,(H,29,31)(H,30,32). The summed E-state index contributed by atoms with van der Waals surface area (Å²) in [6.07, 6.45) is 1.80.